The van der Waals surface area contributed by atoms with Gasteiger partial charge in [-0.25, -0.2) is 0 Å². The third-order valence-corrected chi connectivity index (χ3v) is 6.59. The number of allylic oxidation sites excluding steroid dienone is 1. The summed E-state index contributed by atoms with van der Waals surface area (Å²) in [5, 5.41) is 0. The number of rotatable bonds is 20. The number of hydrogen-bond acceptors (Lipinski definition) is 1. The predicted octanol–water partition coefficient (Wildman–Crippen LogP) is 9.46. The fraction of sp³-hybridized carbons (Fsp3) is 0.929. The zero-order chi connectivity index (χ0) is 22.7. The summed E-state index contributed by atoms with van der Waals surface area (Å²) in [5.41, 5.74) is 1.43. The van der Waals surface area contributed by atoms with Crippen molar-refractivity contribution in [3.63, 3.8) is 0 Å². The molecule has 172 valence electrons. The van der Waals surface area contributed by atoms with Crippen molar-refractivity contribution >= 4 is 0 Å². The molecule has 0 aromatic heterocycles. The van der Waals surface area contributed by atoms with Crippen molar-refractivity contribution in [2.24, 2.45) is 0 Å². The van der Waals surface area contributed by atoms with Crippen LogP contribution >= 0.6 is 0 Å². The summed E-state index contributed by atoms with van der Waals surface area (Å²) in [6.45, 7) is 6.47. The van der Waals surface area contributed by atoms with Gasteiger partial charge >= 0.3 is 0 Å². The Hall–Kier alpha value is -0.300. The van der Waals surface area contributed by atoms with Crippen LogP contribution in [0.1, 0.15) is 152 Å². The lowest BCUT2D eigenvalue weighted by Crippen LogP contribution is -2.33. The summed E-state index contributed by atoms with van der Waals surface area (Å²) < 4.78 is 16.9. The van der Waals surface area contributed by atoms with E-state index in [2.05, 4.69) is 31.7 Å². The topological polar surface area (TPSA) is 3.24 Å². The summed E-state index contributed by atoms with van der Waals surface area (Å²) in [6.07, 6.45) is 28.3. The maximum atomic E-state index is 8.45. The molecule has 1 fully saturated rings. The molecule has 29 heavy (non-hydrogen) atoms. The molecule has 1 nitrogen and oxygen atoms in total. The Morgan fingerprint density at radius 2 is 1.17 bits per heavy atom. The number of hydrogen-bond donors (Lipinski definition) is 0. The van der Waals surface area contributed by atoms with Gasteiger partial charge in [0.15, 0.2) is 0 Å². The lowest BCUT2D eigenvalue weighted by atomic mass is 9.97. The normalized spacial score (nSPS) is 22.7. The zero-order valence-electron chi connectivity index (χ0n) is 22.4. The molecule has 1 aliphatic heterocycles. The fourth-order valence-corrected chi connectivity index (χ4v) is 4.60. The quantitative estimate of drug-likeness (QED) is 0.143. The van der Waals surface area contributed by atoms with Crippen LogP contribution < -0.4 is 0 Å². The molecule has 0 amide bonds. The highest BCUT2D eigenvalue weighted by molar-refractivity contribution is 5.09. The van der Waals surface area contributed by atoms with Crippen molar-refractivity contribution in [3.8, 4) is 0 Å². The van der Waals surface area contributed by atoms with E-state index in [0.717, 1.165) is 19.3 Å². The van der Waals surface area contributed by atoms with Gasteiger partial charge in [-0.3, -0.25) is 4.90 Å². The summed E-state index contributed by atoms with van der Waals surface area (Å²) in [7, 11) is 0. The van der Waals surface area contributed by atoms with Gasteiger partial charge < -0.3 is 0 Å². The average molecular weight is 408 g/mol. The molecule has 1 heterocycles. The number of unbranched alkanes of at least 4 members (excludes halogenated alkanes) is 15. The molecule has 1 rings (SSSR count). The van der Waals surface area contributed by atoms with E-state index in [-0.39, 0.29) is 13.0 Å². The summed E-state index contributed by atoms with van der Waals surface area (Å²) >= 11 is 0. The van der Waals surface area contributed by atoms with E-state index in [4.69, 9.17) is 2.74 Å². The molecule has 3 unspecified atom stereocenters. The molecule has 1 saturated heterocycles. The lowest BCUT2D eigenvalue weighted by molar-refractivity contribution is 0.255. The van der Waals surface area contributed by atoms with Crippen LogP contribution in [-0.2, 0) is 0 Å². The first-order chi connectivity index (χ1) is 15.1. The first-order valence-electron chi connectivity index (χ1n) is 14.6. The summed E-state index contributed by atoms with van der Waals surface area (Å²) in [6, 6.07) is 0.321. The van der Waals surface area contributed by atoms with E-state index in [1.54, 1.807) is 0 Å². The molecule has 0 bridgehead atoms. The Kier molecular flexibility index (Phi) is 15.8. The van der Waals surface area contributed by atoms with Crippen molar-refractivity contribution in [3.05, 3.63) is 11.6 Å². The first kappa shape index (κ1) is 23.4. The van der Waals surface area contributed by atoms with Crippen molar-refractivity contribution in [2.45, 2.75) is 155 Å². The Bertz CT molecular complexity index is 427. The molecule has 1 aliphatic rings. The van der Waals surface area contributed by atoms with Crippen molar-refractivity contribution in [1.29, 1.82) is 0 Å². The van der Waals surface area contributed by atoms with Crippen molar-refractivity contribution in [1.82, 2.24) is 4.90 Å². The molecule has 0 spiro atoms. The van der Waals surface area contributed by atoms with Crippen molar-refractivity contribution in [2.75, 3.05) is 13.0 Å². The minimum atomic E-state index is -0.173. The van der Waals surface area contributed by atoms with Gasteiger partial charge in [-0.1, -0.05) is 122 Å². The summed E-state index contributed by atoms with van der Waals surface area (Å²) in [5.74, 6) is 0. The molecule has 0 aromatic rings. The number of nitrogens with zero attached hydrogens (tertiary/aromatic N) is 1. The maximum absolute atomic E-state index is 8.45. The molecule has 0 radical (unpaired) electrons. The van der Waals surface area contributed by atoms with Gasteiger partial charge in [0.25, 0.3) is 0 Å². The standard InChI is InChI=1S/C28H55N/c1-4-6-8-10-11-12-13-14-15-16-18-20-24-28(29-25-21-22-26-29)27(3)23-19-17-9-7-5-2/h23,28H,4-22,24-26H2,1-3H3/i25D,26D. The van der Waals surface area contributed by atoms with E-state index in [0.29, 0.717) is 6.04 Å². The maximum Gasteiger partial charge on any atom is 0.0431 e. The first-order valence-corrected chi connectivity index (χ1v) is 13.4. The van der Waals surface area contributed by atoms with Crippen LogP contribution in [0.15, 0.2) is 11.6 Å². The molecule has 0 saturated carbocycles. The highest BCUT2D eigenvalue weighted by Crippen LogP contribution is 2.23. The summed E-state index contributed by atoms with van der Waals surface area (Å²) in [4.78, 5) is 2.20. The van der Waals surface area contributed by atoms with Crippen molar-refractivity contribution < 1.29 is 2.74 Å². The van der Waals surface area contributed by atoms with Gasteiger partial charge in [0, 0.05) is 8.78 Å². The van der Waals surface area contributed by atoms with Gasteiger partial charge in [-0.05, 0) is 52.1 Å². The minimum absolute atomic E-state index is 0.173. The highest BCUT2D eigenvalue weighted by Gasteiger charge is 2.22. The Labute approximate surface area is 187 Å². The second-order valence-corrected chi connectivity index (χ2v) is 9.38. The van der Waals surface area contributed by atoms with Crippen LogP contribution in [0.4, 0.5) is 0 Å². The van der Waals surface area contributed by atoms with Crippen LogP contribution in [0.2, 0.25) is 0 Å². The van der Waals surface area contributed by atoms with E-state index in [1.165, 1.54) is 115 Å². The van der Waals surface area contributed by atoms with Gasteiger partial charge in [-0.2, -0.15) is 0 Å². The minimum Gasteiger partial charge on any atom is -0.297 e. The second kappa shape index (κ2) is 19.7. The smallest absolute Gasteiger partial charge is 0.0431 e. The highest BCUT2D eigenvalue weighted by atomic mass is 15.2. The van der Waals surface area contributed by atoms with Crippen LogP contribution in [0.25, 0.3) is 0 Å². The van der Waals surface area contributed by atoms with Crippen LogP contribution in [0.5, 0.6) is 0 Å². The zero-order valence-corrected chi connectivity index (χ0v) is 20.4. The molecule has 0 N–H and O–H groups in total. The molecule has 0 aliphatic carbocycles. The molecule has 0 aromatic carbocycles. The number of likely N-dealkylation sites (tertiary alicyclic amines) is 1. The van der Waals surface area contributed by atoms with Gasteiger partial charge in [0.05, 0.1) is 0 Å². The largest absolute Gasteiger partial charge is 0.297 e. The Balaban J connectivity index is 2.28. The van der Waals surface area contributed by atoms with Crippen LogP contribution in [-0.4, -0.2) is 24.0 Å². The fourth-order valence-electron chi connectivity index (χ4n) is 4.60. The van der Waals surface area contributed by atoms with Gasteiger partial charge in [0.2, 0.25) is 0 Å². The van der Waals surface area contributed by atoms with E-state index in [9.17, 15) is 0 Å². The van der Waals surface area contributed by atoms with Gasteiger partial charge in [-0.15, -0.1) is 0 Å². The Morgan fingerprint density at radius 1 is 0.724 bits per heavy atom. The van der Waals surface area contributed by atoms with E-state index < -0.39 is 0 Å². The third-order valence-electron chi connectivity index (χ3n) is 6.59. The van der Waals surface area contributed by atoms with Gasteiger partial charge in [0.1, 0.15) is 0 Å². The molecule has 3 atom stereocenters. The van der Waals surface area contributed by atoms with E-state index >= 15 is 0 Å². The predicted molar refractivity (Wildman–Crippen MR) is 133 cm³/mol. The van der Waals surface area contributed by atoms with Crippen LogP contribution in [0.3, 0.4) is 0 Å². The average Bonchev–Trinajstić information content (AvgIpc) is 3.09. The SMILES string of the molecule is [2H]C1CCC([2H])N1C(CCCCCCCCCCCCCC)C(C)=CCCCCCC. The second-order valence-electron chi connectivity index (χ2n) is 9.38. The third kappa shape index (κ3) is 14.4. The molecular formula is C28H55N. The Morgan fingerprint density at radius 3 is 1.69 bits per heavy atom. The lowest BCUT2D eigenvalue weighted by Gasteiger charge is -2.29. The van der Waals surface area contributed by atoms with Crippen LogP contribution in [0, 0.1) is 0 Å². The molecular weight excluding hydrogens is 350 g/mol. The monoisotopic (exact) mass is 407 g/mol. The molecule has 1 heteroatoms. The van der Waals surface area contributed by atoms with E-state index in [1.807, 2.05) is 0 Å².